The van der Waals surface area contributed by atoms with Gasteiger partial charge in [0.15, 0.2) is 0 Å². The average Bonchev–Trinajstić information content (AvgIpc) is 2.58. The quantitative estimate of drug-likeness (QED) is 0.639. The van der Waals surface area contributed by atoms with Crippen LogP contribution in [0.2, 0.25) is 0 Å². The monoisotopic (exact) mass is 203 g/mol. The highest BCUT2D eigenvalue weighted by Crippen LogP contribution is 2.29. The molecule has 0 aromatic carbocycles. The molecule has 3 atom stereocenters. The maximum absolute atomic E-state index is 11.4. The summed E-state index contributed by atoms with van der Waals surface area (Å²) >= 11 is 5.88. The van der Waals surface area contributed by atoms with Gasteiger partial charge in [-0.2, -0.15) is 0 Å². The van der Waals surface area contributed by atoms with Gasteiger partial charge in [0.1, 0.15) is 0 Å². The molecule has 1 saturated heterocycles. The van der Waals surface area contributed by atoms with Gasteiger partial charge >= 0.3 is 0 Å². The molecule has 4 heteroatoms. The standard InChI is InChI=1S/C9H14ClNO2/c10-6-4-9(13)11(5-6)7-2-1-3-8(7)12/h6-8,12H,1-5H2. The maximum atomic E-state index is 11.4. The van der Waals surface area contributed by atoms with Crippen molar-refractivity contribution in [3.63, 3.8) is 0 Å². The number of likely N-dealkylation sites (tertiary alicyclic amines) is 1. The molecule has 0 spiro atoms. The number of rotatable bonds is 1. The Morgan fingerprint density at radius 1 is 1.46 bits per heavy atom. The van der Waals surface area contributed by atoms with Crippen LogP contribution in [0.25, 0.3) is 0 Å². The third-order valence-electron chi connectivity index (χ3n) is 2.96. The highest BCUT2D eigenvalue weighted by atomic mass is 35.5. The van der Waals surface area contributed by atoms with Crippen LogP contribution in [0.5, 0.6) is 0 Å². The summed E-state index contributed by atoms with van der Waals surface area (Å²) in [6.45, 7) is 0.613. The van der Waals surface area contributed by atoms with Crippen molar-refractivity contribution >= 4 is 17.5 Å². The van der Waals surface area contributed by atoms with Crippen molar-refractivity contribution in [1.82, 2.24) is 4.90 Å². The molecular formula is C9H14ClNO2. The predicted octanol–water partition coefficient (Wildman–Crippen LogP) is 0.739. The Morgan fingerprint density at radius 2 is 2.23 bits per heavy atom. The lowest BCUT2D eigenvalue weighted by Crippen LogP contribution is -2.41. The SMILES string of the molecule is O=C1CC(Cl)CN1C1CCCC1O. The van der Waals surface area contributed by atoms with Gasteiger partial charge in [0.2, 0.25) is 5.91 Å². The van der Waals surface area contributed by atoms with E-state index in [9.17, 15) is 9.90 Å². The molecule has 74 valence electrons. The van der Waals surface area contributed by atoms with Crippen molar-refractivity contribution in [3.8, 4) is 0 Å². The Balaban J connectivity index is 2.04. The van der Waals surface area contributed by atoms with Gasteiger partial charge in [-0.15, -0.1) is 11.6 Å². The lowest BCUT2D eigenvalue weighted by molar-refractivity contribution is -0.131. The van der Waals surface area contributed by atoms with Crippen LogP contribution in [-0.2, 0) is 4.79 Å². The number of aliphatic hydroxyl groups excluding tert-OH is 1. The van der Waals surface area contributed by atoms with Crippen LogP contribution in [0.1, 0.15) is 25.7 Å². The van der Waals surface area contributed by atoms with E-state index in [0.717, 1.165) is 19.3 Å². The van der Waals surface area contributed by atoms with E-state index < -0.39 is 0 Å². The van der Waals surface area contributed by atoms with Gasteiger partial charge in [0.25, 0.3) is 0 Å². The van der Waals surface area contributed by atoms with Crippen molar-refractivity contribution in [2.24, 2.45) is 0 Å². The van der Waals surface area contributed by atoms with E-state index in [2.05, 4.69) is 0 Å². The summed E-state index contributed by atoms with van der Waals surface area (Å²) < 4.78 is 0. The Morgan fingerprint density at radius 3 is 2.69 bits per heavy atom. The van der Waals surface area contributed by atoms with Gasteiger partial charge < -0.3 is 10.0 Å². The molecule has 13 heavy (non-hydrogen) atoms. The lowest BCUT2D eigenvalue weighted by Gasteiger charge is -2.26. The number of carbonyl (C=O) groups is 1. The Hall–Kier alpha value is -0.280. The molecule has 0 aromatic rings. The van der Waals surface area contributed by atoms with E-state index in [1.54, 1.807) is 4.90 Å². The Bertz CT molecular complexity index is 222. The van der Waals surface area contributed by atoms with E-state index in [4.69, 9.17) is 11.6 Å². The van der Waals surface area contributed by atoms with E-state index in [1.807, 2.05) is 0 Å². The first-order valence-electron chi connectivity index (χ1n) is 4.80. The minimum absolute atomic E-state index is 0.0382. The van der Waals surface area contributed by atoms with E-state index in [0.29, 0.717) is 13.0 Å². The molecule has 2 fully saturated rings. The van der Waals surface area contributed by atoms with Gasteiger partial charge in [-0.05, 0) is 19.3 Å². The molecule has 2 aliphatic rings. The summed E-state index contributed by atoms with van der Waals surface area (Å²) in [5.41, 5.74) is 0. The smallest absolute Gasteiger partial charge is 0.224 e. The van der Waals surface area contributed by atoms with Crippen molar-refractivity contribution in [2.45, 2.75) is 43.2 Å². The van der Waals surface area contributed by atoms with E-state index >= 15 is 0 Å². The fourth-order valence-electron chi connectivity index (χ4n) is 2.29. The highest BCUT2D eigenvalue weighted by molar-refractivity contribution is 6.22. The summed E-state index contributed by atoms with van der Waals surface area (Å²) in [5, 5.41) is 9.56. The van der Waals surface area contributed by atoms with E-state index in [1.165, 1.54) is 0 Å². The molecule has 0 bridgehead atoms. The van der Waals surface area contributed by atoms with Crippen molar-refractivity contribution in [3.05, 3.63) is 0 Å². The summed E-state index contributed by atoms with van der Waals surface area (Å²) in [6.07, 6.45) is 2.87. The second-order valence-electron chi connectivity index (χ2n) is 3.91. The van der Waals surface area contributed by atoms with Crippen LogP contribution in [0, 0.1) is 0 Å². The molecule has 1 heterocycles. The van der Waals surface area contributed by atoms with Gasteiger partial charge in [0.05, 0.1) is 17.5 Å². The number of amides is 1. The van der Waals surface area contributed by atoms with Crippen LogP contribution >= 0.6 is 11.6 Å². The van der Waals surface area contributed by atoms with Crippen LogP contribution in [0.4, 0.5) is 0 Å². The molecule has 1 amide bonds. The van der Waals surface area contributed by atoms with Gasteiger partial charge in [-0.3, -0.25) is 4.79 Å². The number of carbonyl (C=O) groups excluding carboxylic acids is 1. The van der Waals surface area contributed by atoms with Crippen LogP contribution < -0.4 is 0 Å². The largest absolute Gasteiger partial charge is 0.391 e. The molecule has 1 saturated carbocycles. The summed E-state index contributed by atoms with van der Waals surface area (Å²) in [7, 11) is 0. The fraction of sp³-hybridized carbons (Fsp3) is 0.889. The zero-order valence-corrected chi connectivity index (χ0v) is 8.20. The first kappa shape index (κ1) is 9.28. The highest BCUT2D eigenvalue weighted by Gasteiger charge is 2.38. The second-order valence-corrected chi connectivity index (χ2v) is 4.53. The minimum atomic E-state index is -0.328. The van der Waals surface area contributed by atoms with Crippen molar-refractivity contribution < 1.29 is 9.90 Å². The molecule has 2 rings (SSSR count). The summed E-state index contributed by atoms with van der Waals surface area (Å²) in [4.78, 5) is 13.2. The molecule has 3 unspecified atom stereocenters. The third-order valence-corrected chi connectivity index (χ3v) is 3.25. The molecule has 0 aromatic heterocycles. The zero-order valence-electron chi connectivity index (χ0n) is 7.45. The number of alkyl halides is 1. The Kier molecular flexibility index (Phi) is 2.47. The first-order valence-corrected chi connectivity index (χ1v) is 5.23. The fourth-order valence-corrected chi connectivity index (χ4v) is 2.57. The first-order chi connectivity index (χ1) is 6.18. The van der Waals surface area contributed by atoms with Gasteiger partial charge in [0, 0.05) is 13.0 Å². The van der Waals surface area contributed by atoms with Crippen molar-refractivity contribution in [2.75, 3.05) is 6.54 Å². The molecule has 3 nitrogen and oxygen atoms in total. The van der Waals surface area contributed by atoms with Crippen LogP contribution in [-0.4, -0.2) is 40.0 Å². The van der Waals surface area contributed by atoms with Crippen LogP contribution in [0.3, 0.4) is 0 Å². The topological polar surface area (TPSA) is 40.5 Å². The predicted molar refractivity (Wildman–Crippen MR) is 49.6 cm³/mol. The minimum Gasteiger partial charge on any atom is -0.391 e. The van der Waals surface area contributed by atoms with Gasteiger partial charge in [-0.1, -0.05) is 0 Å². The Labute approximate surface area is 82.7 Å². The molecule has 1 N–H and O–H groups in total. The summed E-state index contributed by atoms with van der Waals surface area (Å²) in [6, 6.07) is 0.0382. The van der Waals surface area contributed by atoms with Gasteiger partial charge in [-0.25, -0.2) is 0 Å². The number of nitrogens with zero attached hydrogens (tertiary/aromatic N) is 1. The third kappa shape index (κ3) is 1.67. The second kappa shape index (κ2) is 3.46. The number of halogens is 1. The number of hydrogen-bond donors (Lipinski definition) is 1. The van der Waals surface area contributed by atoms with E-state index in [-0.39, 0.29) is 23.4 Å². The molecule has 1 aliphatic heterocycles. The summed E-state index contributed by atoms with van der Waals surface area (Å²) in [5.74, 6) is 0.103. The lowest BCUT2D eigenvalue weighted by atomic mass is 10.2. The normalized spacial score (nSPS) is 40.3. The van der Waals surface area contributed by atoms with Crippen LogP contribution in [0.15, 0.2) is 0 Å². The zero-order chi connectivity index (χ0) is 9.42. The molecular weight excluding hydrogens is 190 g/mol. The number of aliphatic hydroxyl groups is 1. The van der Waals surface area contributed by atoms with Crippen molar-refractivity contribution in [1.29, 1.82) is 0 Å². The molecule has 1 aliphatic carbocycles. The molecule has 0 radical (unpaired) electrons. The average molecular weight is 204 g/mol. The number of hydrogen-bond acceptors (Lipinski definition) is 2. The maximum Gasteiger partial charge on any atom is 0.224 e.